The third kappa shape index (κ3) is 4.86. The molecule has 2 heterocycles. The lowest BCUT2D eigenvalue weighted by Gasteiger charge is -2.15. The molecule has 0 aliphatic carbocycles. The van der Waals surface area contributed by atoms with Crippen molar-refractivity contribution in [2.45, 2.75) is 32.7 Å². The van der Waals surface area contributed by atoms with E-state index in [4.69, 9.17) is 9.40 Å². The summed E-state index contributed by atoms with van der Waals surface area (Å²) >= 11 is 0. The molecule has 0 saturated heterocycles. The highest BCUT2D eigenvalue weighted by molar-refractivity contribution is 6.07. The average Bonchev–Trinajstić information content (AvgIpc) is 3.31. The summed E-state index contributed by atoms with van der Waals surface area (Å²) in [5.41, 5.74) is 3.60. The molecule has 0 aliphatic rings. The SMILES string of the molecule is CCC(=O)Nc1ccc(-c2cc(C(=O)N[C@@H](C)Cc3ccco3)c3ccccc3n2)cc1. The number of hydrogen-bond donors (Lipinski definition) is 2. The van der Waals surface area contributed by atoms with Crippen LogP contribution in [0.4, 0.5) is 5.69 Å². The first-order valence-electron chi connectivity index (χ1n) is 10.7. The number of pyridine rings is 1. The van der Waals surface area contributed by atoms with Gasteiger partial charge in [-0.25, -0.2) is 4.98 Å². The van der Waals surface area contributed by atoms with Crippen molar-refractivity contribution in [2.75, 3.05) is 5.32 Å². The fourth-order valence-corrected chi connectivity index (χ4v) is 3.57. The lowest BCUT2D eigenvalue weighted by molar-refractivity contribution is -0.115. The maximum atomic E-state index is 13.2. The molecule has 1 atom stereocenters. The summed E-state index contributed by atoms with van der Waals surface area (Å²) < 4.78 is 5.39. The maximum absolute atomic E-state index is 13.2. The van der Waals surface area contributed by atoms with Crippen molar-refractivity contribution >= 4 is 28.4 Å². The van der Waals surface area contributed by atoms with E-state index in [1.807, 2.05) is 80.6 Å². The first-order valence-corrected chi connectivity index (χ1v) is 10.7. The van der Waals surface area contributed by atoms with Crippen molar-refractivity contribution < 1.29 is 14.0 Å². The van der Waals surface area contributed by atoms with Gasteiger partial charge in [-0.1, -0.05) is 37.3 Å². The van der Waals surface area contributed by atoms with Gasteiger partial charge in [0.2, 0.25) is 5.91 Å². The van der Waals surface area contributed by atoms with Crippen LogP contribution in [0.5, 0.6) is 0 Å². The second-order valence-electron chi connectivity index (χ2n) is 7.71. The molecule has 0 bridgehead atoms. The van der Waals surface area contributed by atoms with Gasteiger partial charge in [-0.05, 0) is 43.3 Å². The van der Waals surface area contributed by atoms with Gasteiger partial charge in [0.1, 0.15) is 5.76 Å². The van der Waals surface area contributed by atoms with Crippen LogP contribution in [0.25, 0.3) is 22.2 Å². The van der Waals surface area contributed by atoms with Crippen molar-refractivity contribution in [1.29, 1.82) is 0 Å². The number of anilines is 1. The molecular formula is C26H25N3O3. The Morgan fingerprint density at radius 2 is 1.81 bits per heavy atom. The number of furan rings is 1. The van der Waals surface area contributed by atoms with E-state index in [2.05, 4.69) is 10.6 Å². The van der Waals surface area contributed by atoms with Gasteiger partial charge >= 0.3 is 0 Å². The Hall–Kier alpha value is -3.93. The zero-order chi connectivity index (χ0) is 22.5. The summed E-state index contributed by atoms with van der Waals surface area (Å²) in [5.74, 6) is 0.633. The molecule has 0 aliphatic heterocycles. The normalized spacial score (nSPS) is 11.8. The highest BCUT2D eigenvalue weighted by Gasteiger charge is 2.16. The minimum atomic E-state index is -0.157. The van der Waals surface area contributed by atoms with Crippen molar-refractivity contribution in [3.8, 4) is 11.3 Å². The number of benzene rings is 2. The van der Waals surface area contributed by atoms with Crippen LogP contribution in [0.3, 0.4) is 0 Å². The van der Waals surface area contributed by atoms with Crippen LogP contribution in [-0.4, -0.2) is 22.8 Å². The van der Waals surface area contributed by atoms with Crippen LogP contribution in [0, 0.1) is 0 Å². The Balaban J connectivity index is 1.62. The van der Waals surface area contributed by atoms with E-state index >= 15 is 0 Å². The molecule has 2 N–H and O–H groups in total. The van der Waals surface area contributed by atoms with E-state index in [1.54, 1.807) is 6.26 Å². The summed E-state index contributed by atoms with van der Waals surface area (Å²) in [6.45, 7) is 3.76. The minimum absolute atomic E-state index is 0.0378. The molecule has 2 aromatic heterocycles. The van der Waals surface area contributed by atoms with E-state index < -0.39 is 0 Å². The molecule has 0 saturated carbocycles. The van der Waals surface area contributed by atoms with E-state index in [1.165, 1.54) is 0 Å². The molecule has 0 fully saturated rings. The number of carbonyl (C=O) groups is 2. The highest BCUT2D eigenvalue weighted by atomic mass is 16.3. The Morgan fingerprint density at radius 1 is 1.03 bits per heavy atom. The molecule has 6 heteroatoms. The van der Waals surface area contributed by atoms with Crippen LogP contribution in [0.2, 0.25) is 0 Å². The van der Waals surface area contributed by atoms with E-state index in [0.717, 1.165) is 27.9 Å². The third-order valence-corrected chi connectivity index (χ3v) is 5.21. The quantitative estimate of drug-likeness (QED) is 0.424. The first-order chi connectivity index (χ1) is 15.5. The Bertz CT molecular complexity index is 1230. The van der Waals surface area contributed by atoms with E-state index in [9.17, 15) is 9.59 Å². The summed E-state index contributed by atoms with van der Waals surface area (Å²) in [7, 11) is 0. The molecule has 162 valence electrons. The van der Waals surface area contributed by atoms with Crippen LogP contribution < -0.4 is 10.6 Å². The minimum Gasteiger partial charge on any atom is -0.469 e. The first kappa shape index (κ1) is 21.3. The number of nitrogens with zero attached hydrogens (tertiary/aromatic N) is 1. The molecule has 0 spiro atoms. The number of fused-ring (bicyclic) bond motifs is 1. The molecule has 6 nitrogen and oxygen atoms in total. The Kier molecular flexibility index (Phi) is 6.31. The van der Waals surface area contributed by atoms with Gasteiger partial charge in [-0.2, -0.15) is 0 Å². The van der Waals surface area contributed by atoms with Crippen molar-refractivity contribution in [3.05, 3.63) is 84.3 Å². The zero-order valence-corrected chi connectivity index (χ0v) is 18.1. The molecule has 2 amide bonds. The fourth-order valence-electron chi connectivity index (χ4n) is 3.57. The van der Waals surface area contributed by atoms with Gasteiger partial charge in [-0.15, -0.1) is 0 Å². The Labute approximate surface area is 186 Å². The standard InChI is InChI=1S/C26H25N3O3/c1-3-25(30)28-19-12-10-18(11-13-19)24-16-22(21-8-4-5-9-23(21)29-24)26(31)27-17(2)15-20-7-6-14-32-20/h4-14,16-17H,3,15H2,1-2H3,(H,27,31)(H,28,30)/t17-/m0/s1. The zero-order valence-electron chi connectivity index (χ0n) is 18.1. The van der Waals surface area contributed by atoms with Crippen LogP contribution in [0.1, 0.15) is 36.4 Å². The average molecular weight is 428 g/mol. The van der Waals surface area contributed by atoms with Crippen LogP contribution in [0.15, 0.2) is 77.4 Å². The van der Waals surface area contributed by atoms with Crippen molar-refractivity contribution in [3.63, 3.8) is 0 Å². The summed E-state index contributed by atoms with van der Waals surface area (Å²) in [6.07, 6.45) is 2.66. The molecular weight excluding hydrogens is 402 g/mol. The van der Waals surface area contributed by atoms with Gasteiger partial charge < -0.3 is 15.1 Å². The molecule has 0 radical (unpaired) electrons. The number of rotatable bonds is 7. The van der Waals surface area contributed by atoms with Gasteiger partial charge in [0.05, 0.1) is 23.0 Å². The molecule has 4 aromatic rings. The topological polar surface area (TPSA) is 84.2 Å². The largest absolute Gasteiger partial charge is 0.469 e. The van der Waals surface area contributed by atoms with E-state index in [0.29, 0.717) is 24.1 Å². The van der Waals surface area contributed by atoms with Crippen LogP contribution >= 0.6 is 0 Å². The number of aromatic nitrogens is 1. The fraction of sp³-hybridized carbons (Fsp3) is 0.192. The summed E-state index contributed by atoms with van der Waals surface area (Å²) in [6, 6.07) is 20.5. The van der Waals surface area contributed by atoms with Gasteiger partial charge in [0.15, 0.2) is 0 Å². The molecule has 32 heavy (non-hydrogen) atoms. The lowest BCUT2D eigenvalue weighted by atomic mass is 10.0. The monoisotopic (exact) mass is 427 g/mol. The predicted molar refractivity (Wildman–Crippen MR) is 125 cm³/mol. The Morgan fingerprint density at radius 3 is 2.53 bits per heavy atom. The number of nitrogens with one attached hydrogen (secondary N) is 2. The number of para-hydroxylation sites is 1. The molecule has 0 unspecified atom stereocenters. The van der Waals surface area contributed by atoms with Gasteiger partial charge in [-0.3, -0.25) is 9.59 Å². The van der Waals surface area contributed by atoms with Crippen LogP contribution in [-0.2, 0) is 11.2 Å². The van der Waals surface area contributed by atoms with Crippen molar-refractivity contribution in [1.82, 2.24) is 10.3 Å². The van der Waals surface area contributed by atoms with Gasteiger partial charge in [0, 0.05) is 35.5 Å². The van der Waals surface area contributed by atoms with Crippen molar-refractivity contribution in [2.24, 2.45) is 0 Å². The highest BCUT2D eigenvalue weighted by Crippen LogP contribution is 2.26. The lowest BCUT2D eigenvalue weighted by Crippen LogP contribution is -2.34. The number of hydrogen-bond acceptors (Lipinski definition) is 4. The van der Waals surface area contributed by atoms with E-state index in [-0.39, 0.29) is 17.9 Å². The third-order valence-electron chi connectivity index (χ3n) is 5.21. The summed E-state index contributed by atoms with van der Waals surface area (Å²) in [4.78, 5) is 29.5. The maximum Gasteiger partial charge on any atom is 0.252 e. The summed E-state index contributed by atoms with van der Waals surface area (Å²) in [5, 5.41) is 6.70. The number of amides is 2. The molecule has 4 rings (SSSR count). The molecule has 2 aromatic carbocycles. The smallest absolute Gasteiger partial charge is 0.252 e. The second kappa shape index (κ2) is 9.47. The second-order valence-corrected chi connectivity index (χ2v) is 7.71. The van der Waals surface area contributed by atoms with Gasteiger partial charge in [0.25, 0.3) is 5.91 Å². The number of carbonyl (C=O) groups excluding carboxylic acids is 2. The predicted octanol–water partition coefficient (Wildman–Crippen LogP) is 5.20.